The molecular weight excluding hydrogens is 226 g/mol. The Morgan fingerprint density at radius 1 is 1.28 bits per heavy atom. The number of benzene rings is 1. The highest BCUT2D eigenvalue weighted by Gasteiger charge is 2.12. The van der Waals surface area contributed by atoms with Crippen LogP contribution in [0.4, 0.5) is 0 Å². The van der Waals surface area contributed by atoms with Crippen LogP contribution in [0.3, 0.4) is 0 Å². The highest BCUT2D eigenvalue weighted by molar-refractivity contribution is 5.70. The molecule has 0 spiro atoms. The lowest BCUT2D eigenvalue weighted by Crippen LogP contribution is -2.17. The Labute approximate surface area is 109 Å². The van der Waals surface area contributed by atoms with E-state index in [-0.39, 0.29) is 18.4 Å². The maximum Gasteiger partial charge on any atom is 0.307 e. The van der Waals surface area contributed by atoms with Gasteiger partial charge in [0, 0.05) is 6.04 Å². The van der Waals surface area contributed by atoms with Gasteiger partial charge in [0.1, 0.15) is 0 Å². The predicted octanol–water partition coefficient (Wildman–Crippen LogP) is 2.84. The first-order valence-electron chi connectivity index (χ1n) is 6.53. The Morgan fingerprint density at radius 2 is 1.89 bits per heavy atom. The summed E-state index contributed by atoms with van der Waals surface area (Å²) in [7, 11) is 0. The van der Waals surface area contributed by atoms with Crippen molar-refractivity contribution >= 4 is 5.97 Å². The van der Waals surface area contributed by atoms with Crippen LogP contribution in [0.15, 0.2) is 24.3 Å². The largest absolute Gasteiger partial charge is 0.466 e. The molecule has 0 aliphatic rings. The van der Waals surface area contributed by atoms with Crippen LogP contribution in [0.25, 0.3) is 0 Å². The minimum Gasteiger partial charge on any atom is -0.466 e. The summed E-state index contributed by atoms with van der Waals surface area (Å²) in [5.74, 6) is 0.403. The van der Waals surface area contributed by atoms with Gasteiger partial charge < -0.3 is 10.5 Å². The van der Waals surface area contributed by atoms with Gasteiger partial charge in [-0.15, -0.1) is 0 Å². The van der Waals surface area contributed by atoms with Crippen LogP contribution in [0.5, 0.6) is 0 Å². The molecule has 1 aromatic rings. The quantitative estimate of drug-likeness (QED) is 0.789. The third-order valence-corrected chi connectivity index (χ3v) is 2.74. The van der Waals surface area contributed by atoms with Gasteiger partial charge in [0.05, 0.1) is 13.0 Å². The van der Waals surface area contributed by atoms with Crippen LogP contribution < -0.4 is 5.73 Å². The minimum atomic E-state index is -0.280. The molecule has 0 heterocycles. The standard InChI is InChI=1S/C15H23NO2/c1-4-18-15(17)10-14(16)13-7-5-12(6-8-13)9-11(2)3/h5-8,11,14H,4,9-10,16H2,1-3H3/t14-/m1/s1. The molecule has 0 aromatic heterocycles. The molecule has 0 aliphatic carbocycles. The van der Waals surface area contributed by atoms with Gasteiger partial charge in [0.25, 0.3) is 0 Å². The second kappa shape index (κ2) is 7.17. The molecule has 0 unspecified atom stereocenters. The smallest absolute Gasteiger partial charge is 0.307 e. The highest BCUT2D eigenvalue weighted by Crippen LogP contribution is 2.17. The third-order valence-electron chi connectivity index (χ3n) is 2.74. The van der Waals surface area contributed by atoms with Gasteiger partial charge in [-0.25, -0.2) is 0 Å². The summed E-state index contributed by atoms with van der Waals surface area (Å²) in [6, 6.07) is 7.89. The van der Waals surface area contributed by atoms with Gasteiger partial charge in [-0.1, -0.05) is 38.1 Å². The average molecular weight is 249 g/mol. The van der Waals surface area contributed by atoms with Gasteiger partial charge in [-0.3, -0.25) is 4.79 Å². The summed E-state index contributed by atoms with van der Waals surface area (Å²) in [6.45, 7) is 6.59. The summed E-state index contributed by atoms with van der Waals surface area (Å²) >= 11 is 0. The fourth-order valence-corrected chi connectivity index (χ4v) is 1.89. The first kappa shape index (κ1) is 14.7. The number of carbonyl (C=O) groups is 1. The van der Waals surface area contributed by atoms with Crippen molar-refractivity contribution < 1.29 is 9.53 Å². The molecule has 0 amide bonds. The molecule has 18 heavy (non-hydrogen) atoms. The molecule has 3 heteroatoms. The van der Waals surface area contributed by atoms with Crippen LogP contribution in [-0.2, 0) is 16.0 Å². The van der Waals surface area contributed by atoms with Crippen molar-refractivity contribution in [3.63, 3.8) is 0 Å². The SMILES string of the molecule is CCOC(=O)C[C@@H](N)c1ccc(CC(C)C)cc1. The molecule has 1 atom stereocenters. The molecular formula is C15H23NO2. The van der Waals surface area contributed by atoms with E-state index >= 15 is 0 Å². The fraction of sp³-hybridized carbons (Fsp3) is 0.533. The molecule has 100 valence electrons. The van der Waals surface area contributed by atoms with Crippen molar-refractivity contribution in [3.8, 4) is 0 Å². The monoisotopic (exact) mass is 249 g/mol. The summed E-state index contributed by atoms with van der Waals surface area (Å²) < 4.78 is 4.89. The number of nitrogens with two attached hydrogens (primary N) is 1. The molecule has 0 radical (unpaired) electrons. The lowest BCUT2D eigenvalue weighted by atomic mass is 9.98. The fourth-order valence-electron chi connectivity index (χ4n) is 1.89. The van der Waals surface area contributed by atoms with E-state index in [2.05, 4.69) is 26.0 Å². The van der Waals surface area contributed by atoms with E-state index in [0.717, 1.165) is 12.0 Å². The lowest BCUT2D eigenvalue weighted by molar-refractivity contribution is -0.143. The molecule has 0 aliphatic heterocycles. The third kappa shape index (κ3) is 4.88. The van der Waals surface area contributed by atoms with Crippen molar-refractivity contribution in [2.45, 2.75) is 39.7 Å². The van der Waals surface area contributed by atoms with E-state index in [0.29, 0.717) is 12.5 Å². The van der Waals surface area contributed by atoms with E-state index in [4.69, 9.17) is 10.5 Å². The number of hydrogen-bond donors (Lipinski definition) is 1. The molecule has 0 fully saturated rings. The first-order chi connectivity index (χ1) is 8.52. The molecule has 3 nitrogen and oxygen atoms in total. The van der Waals surface area contributed by atoms with E-state index in [1.54, 1.807) is 6.92 Å². The van der Waals surface area contributed by atoms with Gasteiger partial charge in [-0.05, 0) is 30.4 Å². The van der Waals surface area contributed by atoms with E-state index in [9.17, 15) is 4.79 Å². The summed E-state index contributed by atoms with van der Waals surface area (Å²) in [4.78, 5) is 11.3. The molecule has 0 saturated heterocycles. The Hall–Kier alpha value is -1.35. The zero-order valence-corrected chi connectivity index (χ0v) is 11.5. The maximum absolute atomic E-state index is 11.3. The Bertz CT molecular complexity index is 371. The average Bonchev–Trinajstić information content (AvgIpc) is 2.29. The summed E-state index contributed by atoms with van der Waals surface area (Å²) in [5, 5.41) is 0. The van der Waals surface area contributed by atoms with Crippen LogP contribution in [0.2, 0.25) is 0 Å². The predicted molar refractivity (Wildman–Crippen MR) is 73.2 cm³/mol. The highest BCUT2D eigenvalue weighted by atomic mass is 16.5. The van der Waals surface area contributed by atoms with Gasteiger partial charge in [0.15, 0.2) is 0 Å². The normalized spacial score (nSPS) is 12.5. The molecule has 1 rings (SSSR count). The zero-order valence-electron chi connectivity index (χ0n) is 11.5. The molecule has 2 N–H and O–H groups in total. The number of hydrogen-bond acceptors (Lipinski definition) is 3. The van der Waals surface area contributed by atoms with Crippen LogP contribution in [0, 0.1) is 5.92 Å². The van der Waals surface area contributed by atoms with Gasteiger partial charge >= 0.3 is 5.97 Å². The second-order valence-electron chi connectivity index (χ2n) is 4.96. The van der Waals surface area contributed by atoms with Gasteiger partial charge in [-0.2, -0.15) is 0 Å². The van der Waals surface area contributed by atoms with Crippen LogP contribution in [0.1, 0.15) is 44.4 Å². The van der Waals surface area contributed by atoms with E-state index < -0.39 is 0 Å². The summed E-state index contributed by atoms with van der Waals surface area (Å²) in [6.07, 6.45) is 1.30. The van der Waals surface area contributed by atoms with Crippen molar-refractivity contribution in [2.75, 3.05) is 6.61 Å². The molecule has 0 saturated carbocycles. The van der Waals surface area contributed by atoms with Crippen molar-refractivity contribution in [1.82, 2.24) is 0 Å². The van der Waals surface area contributed by atoms with Crippen LogP contribution >= 0.6 is 0 Å². The molecule has 0 bridgehead atoms. The lowest BCUT2D eigenvalue weighted by Gasteiger charge is -2.12. The van der Waals surface area contributed by atoms with Crippen molar-refractivity contribution in [3.05, 3.63) is 35.4 Å². The number of esters is 1. The zero-order chi connectivity index (χ0) is 13.5. The summed E-state index contributed by atoms with van der Waals surface area (Å²) in [5.41, 5.74) is 8.26. The number of carbonyl (C=O) groups excluding carboxylic acids is 1. The Morgan fingerprint density at radius 3 is 2.39 bits per heavy atom. The Kier molecular flexibility index (Phi) is 5.86. The topological polar surface area (TPSA) is 52.3 Å². The maximum atomic E-state index is 11.3. The van der Waals surface area contributed by atoms with Gasteiger partial charge in [0.2, 0.25) is 0 Å². The number of ether oxygens (including phenoxy) is 1. The second-order valence-corrected chi connectivity index (χ2v) is 4.96. The van der Waals surface area contributed by atoms with Crippen molar-refractivity contribution in [1.29, 1.82) is 0 Å². The molecule has 1 aromatic carbocycles. The van der Waals surface area contributed by atoms with E-state index in [1.807, 2.05) is 12.1 Å². The van der Waals surface area contributed by atoms with E-state index in [1.165, 1.54) is 5.56 Å². The van der Waals surface area contributed by atoms with Crippen molar-refractivity contribution in [2.24, 2.45) is 11.7 Å². The first-order valence-corrected chi connectivity index (χ1v) is 6.53. The van der Waals surface area contributed by atoms with Crippen LogP contribution in [-0.4, -0.2) is 12.6 Å². The Balaban J connectivity index is 2.58. The number of rotatable bonds is 6. The minimum absolute atomic E-state index is 0.233.